The molecule has 0 aliphatic carbocycles. The maximum Gasteiger partial charge on any atom is 0.229 e. The predicted octanol–water partition coefficient (Wildman–Crippen LogP) is 5.64. The lowest BCUT2D eigenvalue weighted by Crippen LogP contribution is -2.47. The molecule has 154 valence electrons. The van der Waals surface area contributed by atoms with Crippen LogP contribution in [-0.2, 0) is 4.79 Å². The second-order valence-corrected chi connectivity index (χ2v) is 9.39. The van der Waals surface area contributed by atoms with Crippen molar-refractivity contribution < 1.29 is 9.53 Å². The summed E-state index contributed by atoms with van der Waals surface area (Å²) in [5, 5.41) is 11.4. The van der Waals surface area contributed by atoms with Crippen molar-refractivity contribution in [1.82, 2.24) is 4.90 Å². The average molecular weight is 505 g/mol. The van der Waals surface area contributed by atoms with Gasteiger partial charge in [-0.05, 0) is 42.8 Å². The third-order valence-corrected chi connectivity index (χ3v) is 7.50. The highest BCUT2D eigenvalue weighted by Crippen LogP contribution is 2.46. The molecule has 1 atom stereocenters. The monoisotopic (exact) mass is 503 g/mol. The number of benzene rings is 2. The molecule has 0 aromatic heterocycles. The minimum absolute atomic E-state index is 0.00657. The molecule has 1 fully saturated rings. The van der Waals surface area contributed by atoms with Gasteiger partial charge in [-0.25, -0.2) is 0 Å². The van der Waals surface area contributed by atoms with Gasteiger partial charge in [-0.3, -0.25) is 9.69 Å². The highest BCUT2D eigenvalue weighted by atomic mass is 79.9. The summed E-state index contributed by atoms with van der Waals surface area (Å²) in [6, 6.07) is 13.8. The maximum absolute atomic E-state index is 13.2. The molecular weight excluding hydrogens is 486 g/mol. The molecule has 0 bridgehead atoms. The lowest BCUT2D eigenvalue weighted by Gasteiger charge is -2.42. The van der Waals surface area contributed by atoms with Gasteiger partial charge in [0.2, 0.25) is 5.91 Å². The molecular formula is C22H19BrClN3O2S. The van der Waals surface area contributed by atoms with E-state index in [0.717, 1.165) is 26.3 Å². The number of nitriles is 1. The number of thioether (sulfide) groups is 1. The van der Waals surface area contributed by atoms with Crippen molar-refractivity contribution in [2.45, 2.75) is 19.3 Å². The van der Waals surface area contributed by atoms with Gasteiger partial charge in [-0.1, -0.05) is 45.4 Å². The first-order valence-electron chi connectivity index (χ1n) is 9.35. The Labute approximate surface area is 193 Å². The zero-order valence-electron chi connectivity index (χ0n) is 16.5. The van der Waals surface area contributed by atoms with E-state index >= 15 is 0 Å². The molecule has 2 aromatic carbocycles. The van der Waals surface area contributed by atoms with Gasteiger partial charge in [0.05, 0.1) is 36.3 Å². The van der Waals surface area contributed by atoms with Crippen LogP contribution in [0.4, 0.5) is 5.69 Å². The molecule has 2 heterocycles. The number of carbonyl (C=O) groups excluding carboxylic acids is 1. The molecule has 8 heteroatoms. The molecule has 5 nitrogen and oxygen atoms in total. The van der Waals surface area contributed by atoms with Crippen molar-refractivity contribution in [3.63, 3.8) is 0 Å². The lowest BCUT2D eigenvalue weighted by atomic mass is 9.86. The van der Waals surface area contributed by atoms with Crippen LogP contribution in [0.25, 0.3) is 0 Å². The third kappa shape index (κ3) is 3.68. The first-order valence-corrected chi connectivity index (χ1v) is 11.5. The van der Waals surface area contributed by atoms with Gasteiger partial charge in [0.15, 0.2) is 0 Å². The topological polar surface area (TPSA) is 56.6 Å². The van der Waals surface area contributed by atoms with E-state index in [2.05, 4.69) is 26.9 Å². The number of halogens is 2. The number of ether oxygens (including phenoxy) is 1. The fourth-order valence-corrected chi connectivity index (χ4v) is 5.60. The molecule has 1 amide bonds. The first-order chi connectivity index (χ1) is 14.4. The number of hydrogen-bond acceptors (Lipinski definition) is 5. The molecule has 0 saturated carbocycles. The Balaban J connectivity index is 1.72. The number of allylic oxidation sites excluding steroid dienone is 1. The van der Waals surface area contributed by atoms with Crippen LogP contribution in [0.3, 0.4) is 0 Å². The molecule has 30 heavy (non-hydrogen) atoms. The van der Waals surface area contributed by atoms with E-state index in [-0.39, 0.29) is 18.2 Å². The minimum Gasteiger partial charge on any atom is -0.496 e. The standard InChI is InChI=1S/C22H19BrClN3O2S/c1-13-18(24)4-3-5-19(13)26-11-27-21(28)9-15(17(10-25)22(27)30-12-26)16-8-14(23)6-7-20(16)29-2/h3-8,15H,9,11-12H2,1-2H3/t15-/m1/s1. The molecule has 0 spiro atoms. The smallest absolute Gasteiger partial charge is 0.229 e. The number of rotatable bonds is 3. The molecule has 2 aliphatic rings. The van der Waals surface area contributed by atoms with Crippen molar-refractivity contribution in [3.05, 3.63) is 67.6 Å². The Kier molecular flexibility index (Phi) is 6.01. The third-order valence-electron chi connectivity index (χ3n) is 5.44. The predicted molar refractivity (Wildman–Crippen MR) is 124 cm³/mol. The molecule has 0 radical (unpaired) electrons. The van der Waals surface area contributed by atoms with E-state index in [1.54, 1.807) is 12.0 Å². The van der Waals surface area contributed by atoms with Crippen LogP contribution >= 0.6 is 39.3 Å². The quantitative estimate of drug-likeness (QED) is 0.541. The van der Waals surface area contributed by atoms with Crippen LogP contribution in [-0.4, -0.2) is 30.5 Å². The number of fused-ring (bicyclic) bond motifs is 1. The lowest BCUT2D eigenvalue weighted by molar-refractivity contribution is -0.129. The fraction of sp³-hybridized carbons (Fsp3) is 0.273. The van der Waals surface area contributed by atoms with E-state index in [1.807, 2.05) is 43.3 Å². The van der Waals surface area contributed by atoms with E-state index in [0.29, 0.717) is 28.9 Å². The number of anilines is 1. The average Bonchev–Trinajstić information content (AvgIpc) is 2.75. The first kappa shape index (κ1) is 21.1. The largest absolute Gasteiger partial charge is 0.496 e. The van der Waals surface area contributed by atoms with Crippen LogP contribution in [0, 0.1) is 18.3 Å². The Morgan fingerprint density at radius 3 is 2.87 bits per heavy atom. The number of hydrogen-bond donors (Lipinski definition) is 0. The zero-order chi connectivity index (χ0) is 21.4. The molecule has 4 rings (SSSR count). The molecule has 2 aromatic rings. The van der Waals surface area contributed by atoms with Gasteiger partial charge >= 0.3 is 0 Å². The molecule has 0 unspecified atom stereocenters. The molecule has 1 saturated heterocycles. The van der Waals surface area contributed by atoms with Gasteiger partial charge in [0.1, 0.15) is 5.75 Å². The van der Waals surface area contributed by atoms with Crippen molar-refractivity contribution in [2.75, 3.05) is 24.6 Å². The Bertz CT molecular complexity index is 1100. The maximum atomic E-state index is 13.2. The summed E-state index contributed by atoms with van der Waals surface area (Å²) in [5.41, 5.74) is 3.43. The van der Waals surface area contributed by atoms with Crippen LogP contribution in [0.15, 0.2) is 51.5 Å². The van der Waals surface area contributed by atoms with Crippen molar-refractivity contribution in [1.29, 1.82) is 5.26 Å². The van der Waals surface area contributed by atoms with Gasteiger partial charge in [0.25, 0.3) is 0 Å². The van der Waals surface area contributed by atoms with Gasteiger partial charge in [-0.15, -0.1) is 0 Å². The van der Waals surface area contributed by atoms with Crippen LogP contribution in [0.1, 0.15) is 23.5 Å². The van der Waals surface area contributed by atoms with Crippen molar-refractivity contribution >= 4 is 50.9 Å². The Morgan fingerprint density at radius 2 is 2.13 bits per heavy atom. The number of nitrogens with zero attached hydrogens (tertiary/aromatic N) is 3. The zero-order valence-corrected chi connectivity index (χ0v) is 19.6. The normalized spacial score (nSPS) is 18.9. The second kappa shape index (κ2) is 8.54. The van der Waals surface area contributed by atoms with E-state index < -0.39 is 0 Å². The van der Waals surface area contributed by atoms with Gasteiger partial charge in [-0.2, -0.15) is 5.26 Å². The van der Waals surface area contributed by atoms with Crippen LogP contribution in [0.2, 0.25) is 5.02 Å². The molecule has 0 N–H and O–H groups in total. The number of methoxy groups -OCH3 is 1. The number of carbonyl (C=O) groups is 1. The minimum atomic E-state index is -0.326. The highest BCUT2D eigenvalue weighted by molar-refractivity contribution is 9.10. The molecule has 2 aliphatic heterocycles. The van der Waals surface area contributed by atoms with E-state index in [1.165, 1.54) is 11.8 Å². The second-order valence-electron chi connectivity index (χ2n) is 7.13. The van der Waals surface area contributed by atoms with Gasteiger partial charge < -0.3 is 9.64 Å². The van der Waals surface area contributed by atoms with E-state index in [9.17, 15) is 10.1 Å². The number of amides is 1. The summed E-state index contributed by atoms with van der Waals surface area (Å²) in [6.07, 6.45) is 0.224. The summed E-state index contributed by atoms with van der Waals surface area (Å²) in [5.74, 6) is 0.976. The fourth-order valence-electron chi connectivity index (χ4n) is 3.90. The van der Waals surface area contributed by atoms with Crippen molar-refractivity contribution in [3.8, 4) is 11.8 Å². The summed E-state index contributed by atoms with van der Waals surface area (Å²) < 4.78 is 6.40. The van der Waals surface area contributed by atoms with E-state index in [4.69, 9.17) is 16.3 Å². The SMILES string of the molecule is COc1ccc(Br)cc1[C@H]1CC(=O)N2CN(c3cccc(Cl)c3C)CSC2=C1C#N. The summed E-state index contributed by atoms with van der Waals surface area (Å²) in [4.78, 5) is 17.0. The van der Waals surface area contributed by atoms with Crippen molar-refractivity contribution in [2.24, 2.45) is 0 Å². The summed E-state index contributed by atoms with van der Waals surface area (Å²) >= 11 is 11.3. The Hall–Kier alpha value is -2.14. The Morgan fingerprint density at radius 1 is 1.33 bits per heavy atom. The highest BCUT2D eigenvalue weighted by Gasteiger charge is 2.39. The summed E-state index contributed by atoms with van der Waals surface area (Å²) in [6.45, 7) is 2.37. The van der Waals surface area contributed by atoms with Crippen LogP contribution in [0.5, 0.6) is 5.75 Å². The van der Waals surface area contributed by atoms with Crippen LogP contribution < -0.4 is 9.64 Å². The van der Waals surface area contributed by atoms with Gasteiger partial charge in [0, 0.05) is 33.1 Å². The summed E-state index contributed by atoms with van der Waals surface area (Å²) in [7, 11) is 1.60.